The van der Waals surface area contributed by atoms with Gasteiger partial charge in [-0.15, -0.1) is 0 Å². The van der Waals surface area contributed by atoms with E-state index >= 15 is 0 Å². The zero-order valence-electron chi connectivity index (χ0n) is 34.3. The van der Waals surface area contributed by atoms with Crippen molar-refractivity contribution in [3.8, 4) is 11.5 Å². The number of amides is 3. The molecule has 60 heavy (non-hydrogen) atoms. The Labute approximate surface area is 346 Å². The Morgan fingerprint density at radius 1 is 0.550 bits per heavy atom. The molecule has 0 aliphatic carbocycles. The van der Waals surface area contributed by atoms with Gasteiger partial charge in [0.15, 0.2) is 12.2 Å². The first-order valence-electron chi connectivity index (χ1n) is 19.3. The van der Waals surface area contributed by atoms with Gasteiger partial charge in [-0.1, -0.05) is 100 Å². The summed E-state index contributed by atoms with van der Waals surface area (Å²) in [5, 5.41) is 10.4. The maximum Gasteiger partial charge on any atom is 0.345 e. The number of primary amides is 3. The normalized spacial score (nSPS) is 12.1. The number of carbonyl (C=O) groups is 6. The fraction of sp³-hybridized carbons (Fsp3) is 0.261. The zero-order valence-corrected chi connectivity index (χ0v) is 34.3. The predicted molar refractivity (Wildman–Crippen MR) is 227 cm³/mol. The summed E-state index contributed by atoms with van der Waals surface area (Å²) in [6.45, 7) is 11.6. The molecule has 0 aliphatic heterocycles. The number of rotatable bonds is 16. The summed E-state index contributed by atoms with van der Waals surface area (Å²) >= 11 is 0. The van der Waals surface area contributed by atoms with Gasteiger partial charge in [0.2, 0.25) is 0 Å². The van der Waals surface area contributed by atoms with Crippen molar-refractivity contribution in [2.75, 3.05) is 0 Å². The number of carboxylic acid groups (broad SMARTS) is 1. The Bertz CT molecular complexity index is 2410. The van der Waals surface area contributed by atoms with Crippen LogP contribution in [0.25, 0.3) is 21.8 Å². The maximum absolute atomic E-state index is 12.7. The molecule has 2 heterocycles. The Hall–Kier alpha value is -7.22. The first kappa shape index (κ1) is 43.9. The topological polar surface area (TPSA) is 229 Å². The van der Waals surface area contributed by atoms with E-state index < -0.39 is 47.5 Å². The molecule has 2 unspecified atom stereocenters. The molecule has 7 N–H and O–H groups in total. The first-order chi connectivity index (χ1) is 28.4. The highest BCUT2D eigenvalue weighted by atomic mass is 16.5. The fourth-order valence-electron chi connectivity index (χ4n) is 7.19. The van der Waals surface area contributed by atoms with E-state index in [9.17, 15) is 33.9 Å². The van der Waals surface area contributed by atoms with E-state index in [0.717, 1.165) is 11.1 Å². The highest BCUT2D eigenvalue weighted by molar-refractivity contribution is 6.45. The lowest BCUT2D eigenvalue weighted by Crippen LogP contribution is -2.38. The Morgan fingerprint density at radius 2 is 0.917 bits per heavy atom. The zero-order chi connectivity index (χ0) is 44.0. The van der Waals surface area contributed by atoms with Crippen LogP contribution in [0.3, 0.4) is 0 Å². The molecule has 312 valence electrons. The van der Waals surface area contributed by atoms with Gasteiger partial charge in [0.1, 0.15) is 11.5 Å². The average molecular weight is 816 g/mol. The maximum atomic E-state index is 12.7. The van der Waals surface area contributed by atoms with Gasteiger partial charge in [0.05, 0.1) is 32.9 Å². The van der Waals surface area contributed by atoms with Crippen molar-refractivity contribution in [1.82, 2.24) is 9.13 Å². The minimum atomic E-state index is -1.11. The molecule has 6 rings (SSSR count). The van der Waals surface area contributed by atoms with Gasteiger partial charge in [-0.25, -0.2) is 4.79 Å². The second kappa shape index (κ2) is 18.6. The summed E-state index contributed by atoms with van der Waals surface area (Å²) in [6.07, 6.45) is -1.99. The SMILES string of the molecule is Cc1c(C(=O)C(N)=O)c2c(OC(C(=O)O)C(C)C)cccc2n1Cc1ccccc1.Cc1c(C(=O)C(N)=O)c2c(OC(C(N)=O)C(C)C)cccc2n1Cc1ccccc1. The van der Waals surface area contributed by atoms with Crippen LogP contribution in [-0.2, 0) is 32.3 Å². The number of carboxylic acids is 1. The number of nitrogens with zero attached hydrogens (tertiary/aromatic N) is 2. The van der Waals surface area contributed by atoms with E-state index in [2.05, 4.69) is 0 Å². The minimum absolute atomic E-state index is 0.136. The van der Waals surface area contributed by atoms with Gasteiger partial charge in [-0.3, -0.25) is 24.0 Å². The molecule has 14 heteroatoms. The minimum Gasteiger partial charge on any atom is -0.480 e. The Morgan fingerprint density at radius 3 is 1.23 bits per heavy atom. The van der Waals surface area contributed by atoms with Gasteiger partial charge in [0.25, 0.3) is 29.3 Å². The highest BCUT2D eigenvalue weighted by Gasteiger charge is 2.31. The number of aliphatic carboxylic acids is 1. The number of ketones is 2. The lowest BCUT2D eigenvalue weighted by Gasteiger charge is -2.20. The summed E-state index contributed by atoms with van der Waals surface area (Å²) in [4.78, 5) is 72.4. The second-order valence-corrected chi connectivity index (χ2v) is 15.1. The second-order valence-electron chi connectivity index (χ2n) is 15.1. The molecular formula is C46H49N5O9. The third-order valence-corrected chi connectivity index (χ3v) is 10.1. The van der Waals surface area contributed by atoms with Crippen molar-refractivity contribution in [3.05, 3.63) is 131 Å². The van der Waals surface area contributed by atoms with Crippen LogP contribution < -0.4 is 26.7 Å². The van der Waals surface area contributed by atoms with Crippen molar-refractivity contribution < 1.29 is 43.3 Å². The molecule has 0 radical (unpaired) electrons. The molecule has 4 aromatic carbocycles. The Kier molecular flexibility index (Phi) is 13.6. The molecular weight excluding hydrogens is 767 g/mol. The number of hydrogen-bond donors (Lipinski definition) is 4. The number of carbonyl (C=O) groups excluding carboxylic acids is 5. The van der Waals surface area contributed by atoms with Crippen LogP contribution in [-0.4, -0.2) is 61.7 Å². The third kappa shape index (κ3) is 9.23. The quantitative estimate of drug-likeness (QED) is 0.0692. The van der Waals surface area contributed by atoms with Gasteiger partial charge in [0, 0.05) is 30.4 Å². The predicted octanol–water partition coefficient (Wildman–Crippen LogP) is 5.71. The third-order valence-electron chi connectivity index (χ3n) is 10.1. The van der Waals surface area contributed by atoms with Crippen molar-refractivity contribution in [2.24, 2.45) is 29.0 Å². The summed E-state index contributed by atoms with van der Waals surface area (Å²) in [5.41, 5.74) is 21.0. The van der Waals surface area contributed by atoms with E-state index in [-0.39, 0.29) is 28.7 Å². The number of benzene rings is 4. The molecule has 2 atom stereocenters. The summed E-state index contributed by atoms with van der Waals surface area (Å²) < 4.78 is 15.6. The van der Waals surface area contributed by atoms with Crippen LogP contribution in [0.4, 0.5) is 0 Å². The number of aromatic nitrogens is 2. The summed E-state index contributed by atoms with van der Waals surface area (Å²) in [5.74, 6) is -5.43. The van der Waals surface area contributed by atoms with E-state index in [1.165, 1.54) is 0 Å². The molecule has 2 aromatic heterocycles. The number of hydrogen-bond acceptors (Lipinski definition) is 8. The largest absolute Gasteiger partial charge is 0.480 e. The van der Waals surface area contributed by atoms with Crippen LogP contribution in [0.1, 0.15) is 70.9 Å². The van der Waals surface area contributed by atoms with Crippen LogP contribution in [0, 0.1) is 25.7 Å². The lowest BCUT2D eigenvalue weighted by atomic mass is 10.0. The van der Waals surface area contributed by atoms with Crippen LogP contribution in [0.5, 0.6) is 11.5 Å². The molecule has 14 nitrogen and oxygen atoms in total. The van der Waals surface area contributed by atoms with Crippen molar-refractivity contribution in [3.63, 3.8) is 0 Å². The molecule has 0 spiro atoms. The summed E-state index contributed by atoms with van der Waals surface area (Å²) in [7, 11) is 0. The average Bonchev–Trinajstić information content (AvgIpc) is 3.65. The van der Waals surface area contributed by atoms with Crippen LogP contribution in [0.15, 0.2) is 97.1 Å². The molecule has 0 saturated heterocycles. The van der Waals surface area contributed by atoms with Gasteiger partial charge < -0.3 is 40.9 Å². The molecule has 0 fully saturated rings. The monoisotopic (exact) mass is 815 g/mol. The molecule has 6 aromatic rings. The smallest absolute Gasteiger partial charge is 0.345 e. The standard InChI is InChI=1S/C23H25N3O4.C23H24N2O5/c1-13(2)21(23(25)29)30-17-11-7-10-16-19(17)18(20(27)22(24)28)14(3)26(16)12-15-8-5-4-6-9-15;1-13(2)21(23(28)29)30-17-11-7-10-16-19(17)18(20(26)22(24)27)14(3)25(16)12-15-8-5-4-6-9-15/h4-11,13,21H,12H2,1-3H3,(H2,24,28)(H2,25,29);4-11,13,21H,12H2,1-3H3,(H2,24,27)(H,28,29). The van der Waals surface area contributed by atoms with E-state index in [1.54, 1.807) is 58.0 Å². The van der Waals surface area contributed by atoms with E-state index in [4.69, 9.17) is 26.7 Å². The van der Waals surface area contributed by atoms with Crippen molar-refractivity contribution >= 4 is 57.1 Å². The molecule has 0 aliphatic rings. The van der Waals surface area contributed by atoms with E-state index in [1.807, 2.05) is 89.7 Å². The number of Topliss-reactive ketones (excluding diaryl/α,β-unsaturated/α-hetero) is 2. The highest BCUT2D eigenvalue weighted by Crippen LogP contribution is 2.37. The summed E-state index contributed by atoms with van der Waals surface area (Å²) in [6, 6.07) is 29.8. The Balaban J connectivity index is 0.000000228. The van der Waals surface area contributed by atoms with Gasteiger partial charge in [-0.05, 0) is 55.2 Å². The number of nitrogens with two attached hydrogens (primary N) is 3. The lowest BCUT2D eigenvalue weighted by molar-refractivity contribution is -0.147. The van der Waals surface area contributed by atoms with Gasteiger partial charge in [-0.2, -0.15) is 0 Å². The van der Waals surface area contributed by atoms with E-state index in [0.29, 0.717) is 52.0 Å². The van der Waals surface area contributed by atoms with Gasteiger partial charge >= 0.3 is 5.97 Å². The molecule has 0 bridgehead atoms. The number of fused-ring (bicyclic) bond motifs is 2. The van der Waals surface area contributed by atoms with Crippen LogP contribution in [0.2, 0.25) is 0 Å². The molecule has 3 amide bonds. The van der Waals surface area contributed by atoms with Crippen molar-refractivity contribution in [1.29, 1.82) is 0 Å². The van der Waals surface area contributed by atoms with Crippen LogP contribution >= 0.6 is 0 Å². The first-order valence-corrected chi connectivity index (χ1v) is 19.3. The number of ether oxygens (including phenoxy) is 2. The fourth-order valence-corrected chi connectivity index (χ4v) is 7.19. The van der Waals surface area contributed by atoms with Crippen molar-refractivity contribution in [2.45, 2.75) is 66.8 Å². The molecule has 0 saturated carbocycles.